The van der Waals surface area contributed by atoms with Gasteiger partial charge in [0.05, 0.1) is 5.56 Å². The molecular weight excluding hydrogens is 355 g/mol. The first-order valence-electron chi connectivity index (χ1n) is 9.32. The Bertz CT molecular complexity index is 1030. The van der Waals surface area contributed by atoms with Gasteiger partial charge in [-0.3, -0.25) is 0 Å². The van der Waals surface area contributed by atoms with Gasteiger partial charge in [0.15, 0.2) is 0 Å². The molecule has 4 heteroatoms. The van der Waals surface area contributed by atoms with Crippen LogP contribution in [0.4, 0.5) is 4.39 Å². The lowest BCUT2D eigenvalue weighted by molar-refractivity contribution is 0.0653. The average Bonchev–Trinajstić information content (AvgIpc) is 2.67. The van der Waals surface area contributed by atoms with Crippen molar-refractivity contribution in [3.8, 4) is 16.9 Å². The number of carbonyl (C=O) groups is 1. The number of benzene rings is 3. The summed E-state index contributed by atoms with van der Waals surface area (Å²) >= 11 is 0. The average molecular weight is 376 g/mol. The summed E-state index contributed by atoms with van der Waals surface area (Å²) in [4.78, 5) is 11.0. The zero-order valence-electron chi connectivity index (χ0n) is 15.6. The van der Waals surface area contributed by atoms with Gasteiger partial charge in [0.1, 0.15) is 17.2 Å². The molecule has 3 aromatic carbocycles. The molecule has 1 N–H and O–H groups in total. The number of hydrogen-bond donors (Lipinski definition) is 1. The van der Waals surface area contributed by atoms with Crippen LogP contribution in [-0.4, -0.2) is 16.7 Å². The number of carboxylic acid groups (broad SMARTS) is 1. The molecule has 0 radical (unpaired) electrons. The van der Waals surface area contributed by atoms with Crippen molar-refractivity contribution in [2.45, 2.75) is 31.8 Å². The Balaban J connectivity index is 1.59. The van der Waals surface area contributed by atoms with Gasteiger partial charge in [0, 0.05) is 6.42 Å². The van der Waals surface area contributed by atoms with Crippen LogP contribution in [0.2, 0.25) is 0 Å². The minimum atomic E-state index is -0.937. The Morgan fingerprint density at radius 1 is 1.07 bits per heavy atom. The van der Waals surface area contributed by atoms with E-state index in [1.54, 1.807) is 36.4 Å². The second-order valence-electron chi connectivity index (χ2n) is 7.56. The fourth-order valence-corrected chi connectivity index (χ4v) is 3.76. The topological polar surface area (TPSA) is 46.5 Å². The fourth-order valence-electron chi connectivity index (χ4n) is 3.76. The third-order valence-corrected chi connectivity index (χ3v) is 5.28. The Kier molecular flexibility index (Phi) is 4.63. The van der Waals surface area contributed by atoms with Crippen molar-refractivity contribution >= 4 is 5.97 Å². The fraction of sp³-hybridized carbons (Fsp3) is 0.208. The normalized spacial score (nSPS) is 18.2. The largest absolute Gasteiger partial charge is 0.487 e. The number of halogens is 1. The number of hydrogen-bond acceptors (Lipinski definition) is 2. The predicted molar refractivity (Wildman–Crippen MR) is 106 cm³/mol. The molecule has 0 amide bonds. The van der Waals surface area contributed by atoms with Crippen LogP contribution in [0.25, 0.3) is 11.1 Å². The number of aromatic carboxylic acids is 1. The number of ether oxygens (including phenoxy) is 1. The lowest BCUT2D eigenvalue weighted by Crippen LogP contribution is -2.38. The Labute approximate surface area is 163 Å². The zero-order chi connectivity index (χ0) is 19.7. The summed E-state index contributed by atoms with van der Waals surface area (Å²) < 4.78 is 19.9. The molecule has 0 spiro atoms. The van der Waals surface area contributed by atoms with Crippen molar-refractivity contribution in [1.29, 1.82) is 0 Å². The SMILES string of the molecule is C[C@]1(Cc2cccc(F)c2)CCc2ccc(-c3ccc(C(=O)O)cc3)cc2O1. The van der Waals surface area contributed by atoms with Gasteiger partial charge in [-0.2, -0.15) is 0 Å². The highest BCUT2D eigenvalue weighted by molar-refractivity contribution is 5.88. The Morgan fingerprint density at radius 2 is 1.82 bits per heavy atom. The standard InChI is InChI=1S/C24H21FO3/c1-24(15-16-3-2-4-21(25)13-16)12-11-18-7-10-20(14-22(18)28-24)17-5-8-19(9-6-17)23(26)27/h2-10,13-14H,11-12,15H2,1H3,(H,26,27)/t24-/m1/s1. The molecule has 0 saturated carbocycles. The summed E-state index contributed by atoms with van der Waals surface area (Å²) in [7, 11) is 0. The van der Waals surface area contributed by atoms with Gasteiger partial charge < -0.3 is 9.84 Å². The first-order chi connectivity index (χ1) is 13.4. The predicted octanol–water partition coefficient (Wildman–Crippen LogP) is 5.52. The van der Waals surface area contributed by atoms with Gasteiger partial charge in [-0.05, 0) is 72.4 Å². The smallest absolute Gasteiger partial charge is 0.335 e. The van der Waals surface area contributed by atoms with E-state index in [-0.39, 0.29) is 11.4 Å². The highest BCUT2D eigenvalue weighted by atomic mass is 19.1. The van der Waals surface area contributed by atoms with E-state index in [1.165, 1.54) is 6.07 Å². The summed E-state index contributed by atoms with van der Waals surface area (Å²) in [6.45, 7) is 2.06. The highest BCUT2D eigenvalue weighted by Crippen LogP contribution is 2.37. The van der Waals surface area contributed by atoms with Crippen LogP contribution in [0.5, 0.6) is 5.75 Å². The van der Waals surface area contributed by atoms with Crippen LogP contribution in [0, 0.1) is 5.82 Å². The zero-order valence-corrected chi connectivity index (χ0v) is 15.6. The molecule has 0 bridgehead atoms. The van der Waals surface area contributed by atoms with Gasteiger partial charge in [0.25, 0.3) is 0 Å². The Hall–Kier alpha value is -3.14. The van der Waals surface area contributed by atoms with Crippen molar-refractivity contribution in [2.24, 2.45) is 0 Å². The van der Waals surface area contributed by atoms with Crippen LogP contribution in [0.1, 0.15) is 34.8 Å². The summed E-state index contributed by atoms with van der Waals surface area (Å²) in [5.41, 5.74) is 3.86. The molecule has 0 aliphatic carbocycles. The molecule has 1 aliphatic rings. The van der Waals surface area contributed by atoms with Crippen LogP contribution in [0.15, 0.2) is 66.7 Å². The summed E-state index contributed by atoms with van der Waals surface area (Å²) in [6, 6.07) is 19.6. The number of aryl methyl sites for hydroxylation is 1. The molecule has 0 saturated heterocycles. The van der Waals surface area contributed by atoms with E-state index >= 15 is 0 Å². The molecule has 0 fully saturated rings. The van der Waals surface area contributed by atoms with Gasteiger partial charge in [0.2, 0.25) is 0 Å². The van der Waals surface area contributed by atoms with Crippen molar-refractivity contribution in [3.63, 3.8) is 0 Å². The molecule has 3 aromatic rings. The molecular formula is C24H21FO3. The summed E-state index contributed by atoms with van der Waals surface area (Å²) in [5.74, 6) is -0.331. The van der Waals surface area contributed by atoms with Gasteiger partial charge in [-0.1, -0.05) is 36.4 Å². The lowest BCUT2D eigenvalue weighted by Gasteiger charge is -2.36. The van der Waals surface area contributed by atoms with E-state index in [1.807, 2.05) is 18.2 Å². The van der Waals surface area contributed by atoms with Crippen molar-refractivity contribution in [1.82, 2.24) is 0 Å². The number of carboxylic acids is 1. The van der Waals surface area contributed by atoms with E-state index in [4.69, 9.17) is 9.84 Å². The van der Waals surface area contributed by atoms with E-state index < -0.39 is 11.6 Å². The summed E-state index contributed by atoms with van der Waals surface area (Å²) in [5, 5.41) is 9.06. The highest BCUT2D eigenvalue weighted by Gasteiger charge is 2.32. The second-order valence-corrected chi connectivity index (χ2v) is 7.56. The van der Waals surface area contributed by atoms with Crippen LogP contribution in [0.3, 0.4) is 0 Å². The van der Waals surface area contributed by atoms with E-state index in [0.29, 0.717) is 6.42 Å². The minimum absolute atomic E-state index is 0.232. The lowest BCUT2D eigenvalue weighted by atomic mass is 9.86. The summed E-state index contributed by atoms with van der Waals surface area (Å²) in [6.07, 6.45) is 2.41. The van der Waals surface area contributed by atoms with Crippen molar-refractivity contribution in [3.05, 3.63) is 89.2 Å². The molecule has 3 nitrogen and oxygen atoms in total. The van der Waals surface area contributed by atoms with Crippen LogP contribution < -0.4 is 4.74 Å². The molecule has 142 valence electrons. The van der Waals surface area contributed by atoms with Crippen molar-refractivity contribution < 1.29 is 19.0 Å². The van der Waals surface area contributed by atoms with E-state index in [2.05, 4.69) is 13.0 Å². The van der Waals surface area contributed by atoms with Crippen LogP contribution in [-0.2, 0) is 12.8 Å². The maximum Gasteiger partial charge on any atom is 0.335 e. The van der Waals surface area contributed by atoms with Gasteiger partial charge in [-0.15, -0.1) is 0 Å². The minimum Gasteiger partial charge on any atom is -0.487 e. The maximum absolute atomic E-state index is 13.5. The van der Waals surface area contributed by atoms with Crippen molar-refractivity contribution in [2.75, 3.05) is 0 Å². The first kappa shape index (κ1) is 18.2. The maximum atomic E-state index is 13.5. The molecule has 0 aromatic heterocycles. The van der Waals surface area contributed by atoms with E-state index in [0.717, 1.165) is 40.8 Å². The van der Waals surface area contributed by atoms with Gasteiger partial charge in [-0.25, -0.2) is 9.18 Å². The molecule has 1 heterocycles. The first-order valence-corrected chi connectivity index (χ1v) is 9.32. The van der Waals surface area contributed by atoms with Gasteiger partial charge >= 0.3 is 5.97 Å². The number of rotatable bonds is 4. The number of fused-ring (bicyclic) bond motifs is 1. The molecule has 4 rings (SSSR count). The third kappa shape index (κ3) is 3.77. The third-order valence-electron chi connectivity index (χ3n) is 5.28. The van der Waals surface area contributed by atoms with Crippen LogP contribution >= 0.6 is 0 Å². The molecule has 1 atom stereocenters. The second kappa shape index (κ2) is 7.12. The van der Waals surface area contributed by atoms with E-state index in [9.17, 15) is 9.18 Å². The quantitative estimate of drug-likeness (QED) is 0.652. The Morgan fingerprint density at radius 3 is 2.54 bits per heavy atom. The monoisotopic (exact) mass is 376 g/mol. The molecule has 0 unspecified atom stereocenters. The molecule has 1 aliphatic heterocycles. The molecule has 28 heavy (non-hydrogen) atoms.